The van der Waals surface area contributed by atoms with Crippen molar-refractivity contribution < 1.29 is 14.6 Å². The molecule has 3 N–H and O–H groups in total. The molecule has 0 aliphatic rings. The van der Waals surface area contributed by atoms with Crippen molar-refractivity contribution >= 4 is 6.03 Å². The minimum absolute atomic E-state index is 0.0139. The van der Waals surface area contributed by atoms with E-state index in [2.05, 4.69) is 10.6 Å². The minimum atomic E-state index is -0.225. The molecule has 0 radical (unpaired) electrons. The Morgan fingerprint density at radius 2 is 2.11 bits per heavy atom. The summed E-state index contributed by atoms with van der Waals surface area (Å²) in [7, 11) is 0. The van der Waals surface area contributed by atoms with Crippen molar-refractivity contribution in [2.45, 2.75) is 25.8 Å². The van der Waals surface area contributed by atoms with Gasteiger partial charge in [-0.1, -0.05) is 25.1 Å². The monoisotopic (exact) mass is 266 g/mol. The van der Waals surface area contributed by atoms with Crippen molar-refractivity contribution in [3.8, 4) is 5.75 Å². The van der Waals surface area contributed by atoms with Crippen LogP contribution in [0.25, 0.3) is 0 Å². The van der Waals surface area contributed by atoms with E-state index in [1.165, 1.54) is 0 Å². The number of aliphatic hydroxyl groups is 1. The molecule has 0 saturated heterocycles. The van der Waals surface area contributed by atoms with Crippen LogP contribution in [0.4, 0.5) is 4.79 Å². The van der Waals surface area contributed by atoms with Gasteiger partial charge in [-0.2, -0.15) is 0 Å². The summed E-state index contributed by atoms with van der Waals surface area (Å²) in [5.74, 6) is 0.788. The zero-order valence-corrected chi connectivity index (χ0v) is 11.3. The summed E-state index contributed by atoms with van der Waals surface area (Å²) < 4.78 is 5.45. The van der Waals surface area contributed by atoms with Crippen LogP contribution in [0.3, 0.4) is 0 Å². The van der Waals surface area contributed by atoms with E-state index in [0.29, 0.717) is 19.6 Å². The highest BCUT2D eigenvalue weighted by Gasteiger charge is 2.08. The van der Waals surface area contributed by atoms with Gasteiger partial charge in [0.15, 0.2) is 0 Å². The normalized spacial score (nSPS) is 11.7. The van der Waals surface area contributed by atoms with Gasteiger partial charge in [0.1, 0.15) is 12.4 Å². The molecule has 0 aliphatic carbocycles. The van der Waals surface area contributed by atoms with E-state index in [4.69, 9.17) is 9.84 Å². The molecular formula is C14H22N2O3. The maximum absolute atomic E-state index is 11.5. The molecule has 1 aromatic rings. The fraction of sp³-hybridized carbons (Fsp3) is 0.500. The van der Waals surface area contributed by atoms with Crippen LogP contribution < -0.4 is 15.4 Å². The largest absolute Gasteiger partial charge is 0.492 e. The number of benzene rings is 1. The number of nitrogens with one attached hydrogen (secondary N) is 2. The van der Waals surface area contributed by atoms with Crippen LogP contribution in [0.1, 0.15) is 19.8 Å². The summed E-state index contributed by atoms with van der Waals surface area (Å²) in [6, 6.07) is 9.25. The van der Waals surface area contributed by atoms with Crippen LogP contribution in [0, 0.1) is 0 Å². The first-order valence-corrected chi connectivity index (χ1v) is 6.59. The molecule has 0 bridgehead atoms. The molecule has 0 spiro atoms. The predicted molar refractivity (Wildman–Crippen MR) is 74.3 cm³/mol. The Morgan fingerprint density at radius 1 is 1.37 bits per heavy atom. The van der Waals surface area contributed by atoms with Crippen molar-refractivity contribution in [2.24, 2.45) is 0 Å². The lowest BCUT2D eigenvalue weighted by molar-refractivity contribution is 0.224. The van der Waals surface area contributed by atoms with Crippen LogP contribution in [-0.2, 0) is 0 Å². The van der Waals surface area contributed by atoms with E-state index < -0.39 is 0 Å². The van der Waals surface area contributed by atoms with Crippen LogP contribution in [0.5, 0.6) is 5.75 Å². The number of carbonyl (C=O) groups is 1. The SMILES string of the molecule is CCC(CCO)NC(=O)NCCOc1ccccc1. The highest BCUT2D eigenvalue weighted by Crippen LogP contribution is 2.07. The number of hydrogen-bond donors (Lipinski definition) is 3. The number of hydrogen-bond acceptors (Lipinski definition) is 3. The van der Waals surface area contributed by atoms with Gasteiger partial charge in [0, 0.05) is 12.6 Å². The van der Waals surface area contributed by atoms with Gasteiger partial charge in [0.05, 0.1) is 6.54 Å². The average molecular weight is 266 g/mol. The lowest BCUT2D eigenvalue weighted by atomic mass is 10.2. The Bertz CT molecular complexity index is 357. The Morgan fingerprint density at radius 3 is 2.74 bits per heavy atom. The molecule has 1 aromatic carbocycles. The fourth-order valence-electron chi connectivity index (χ4n) is 1.62. The summed E-state index contributed by atoms with van der Waals surface area (Å²) >= 11 is 0. The first kappa shape index (κ1) is 15.3. The minimum Gasteiger partial charge on any atom is -0.492 e. The van der Waals surface area contributed by atoms with E-state index in [1.54, 1.807) is 0 Å². The number of amides is 2. The summed E-state index contributed by atoms with van der Waals surface area (Å²) in [6.07, 6.45) is 1.37. The quantitative estimate of drug-likeness (QED) is 0.625. The highest BCUT2D eigenvalue weighted by molar-refractivity contribution is 5.74. The third-order valence-corrected chi connectivity index (χ3v) is 2.71. The fourth-order valence-corrected chi connectivity index (χ4v) is 1.62. The van der Waals surface area contributed by atoms with E-state index in [9.17, 15) is 4.79 Å². The number of rotatable bonds is 8. The molecule has 1 unspecified atom stereocenters. The molecular weight excluding hydrogens is 244 g/mol. The van der Waals surface area contributed by atoms with E-state index >= 15 is 0 Å². The second-order valence-electron chi connectivity index (χ2n) is 4.18. The molecule has 19 heavy (non-hydrogen) atoms. The van der Waals surface area contributed by atoms with Gasteiger partial charge in [-0.25, -0.2) is 4.79 Å². The number of urea groups is 1. The molecule has 106 valence electrons. The second kappa shape index (κ2) is 9.22. The van der Waals surface area contributed by atoms with Gasteiger partial charge in [-0.15, -0.1) is 0 Å². The lowest BCUT2D eigenvalue weighted by Crippen LogP contribution is -2.43. The topological polar surface area (TPSA) is 70.6 Å². The molecule has 5 heteroatoms. The Hall–Kier alpha value is -1.75. The van der Waals surface area contributed by atoms with E-state index in [0.717, 1.165) is 12.2 Å². The molecule has 0 fully saturated rings. The summed E-state index contributed by atoms with van der Waals surface area (Å²) in [5, 5.41) is 14.3. The maximum atomic E-state index is 11.5. The summed E-state index contributed by atoms with van der Waals surface area (Å²) in [4.78, 5) is 11.5. The standard InChI is InChI=1S/C14H22N2O3/c1-2-12(8-10-17)16-14(18)15-9-11-19-13-6-4-3-5-7-13/h3-7,12,17H,2,8-11H2,1H3,(H2,15,16,18). The van der Waals surface area contributed by atoms with Crippen molar-refractivity contribution in [1.82, 2.24) is 10.6 Å². The third kappa shape index (κ3) is 6.67. The predicted octanol–water partition coefficient (Wildman–Crippen LogP) is 1.53. The van der Waals surface area contributed by atoms with E-state index in [-0.39, 0.29) is 18.7 Å². The summed E-state index contributed by atoms with van der Waals surface area (Å²) in [6.45, 7) is 2.92. The molecule has 1 atom stereocenters. The van der Waals surface area contributed by atoms with Gasteiger partial charge >= 0.3 is 6.03 Å². The van der Waals surface area contributed by atoms with Gasteiger partial charge in [-0.3, -0.25) is 0 Å². The smallest absolute Gasteiger partial charge is 0.315 e. The first-order valence-electron chi connectivity index (χ1n) is 6.59. The Balaban J connectivity index is 2.13. The van der Waals surface area contributed by atoms with Gasteiger partial charge < -0.3 is 20.5 Å². The average Bonchev–Trinajstić information content (AvgIpc) is 2.44. The van der Waals surface area contributed by atoms with Gasteiger partial charge in [-0.05, 0) is 25.0 Å². The molecule has 0 aliphatic heterocycles. The number of ether oxygens (including phenoxy) is 1. The van der Waals surface area contributed by atoms with Gasteiger partial charge in [0.2, 0.25) is 0 Å². The maximum Gasteiger partial charge on any atom is 0.315 e. The highest BCUT2D eigenvalue weighted by atomic mass is 16.5. The zero-order chi connectivity index (χ0) is 13.9. The molecule has 1 rings (SSSR count). The number of carbonyl (C=O) groups excluding carboxylic acids is 1. The van der Waals surface area contributed by atoms with Crippen LogP contribution >= 0.6 is 0 Å². The Labute approximate surface area is 114 Å². The van der Waals surface area contributed by atoms with Crippen LogP contribution in [0.15, 0.2) is 30.3 Å². The van der Waals surface area contributed by atoms with Crippen molar-refractivity contribution in [2.75, 3.05) is 19.8 Å². The lowest BCUT2D eigenvalue weighted by Gasteiger charge is -2.16. The molecule has 0 aromatic heterocycles. The first-order chi connectivity index (χ1) is 9.26. The number of aliphatic hydroxyl groups excluding tert-OH is 1. The second-order valence-corrected chi connectivity index (χ2v) is 4.18. The van der Waals surface area contributed by atoms with Crippen molar-refractivity contribution in [3.63, 3.8) is 0 Å². The van der Waals surface area contributed by atoms with Crippen molar-refractivity contribution in [1.29, 1.82) is 0 Å². The zero-order valence-electron chi connectivity index (χ0n) is 11.3. The third-order valence-electron chi connectivity index (χ3n) is 2.71. The van der Waals surface area contributed by atoms with Crippen molar-refractivity contribution in [3.05, 3.63) is 30.3 Å². The molecule has 2 amide bonds. The molecule has 0 saturated carbocycles. The molecule has 5 nitrogen and oxygen atoms in total. The summed E-state index contributed by atoms with van der Waals surface area (Å²) in [5.41, 5.74) is 0. The molecule has 0 heterocycles. The van der Waals surface area contributed by atoms with E-state index in [1.807, 2.05) is 37.3 Å². The van der Waals surface area contributed by atoms with Crippen LogP contribution in [0.2, 0.25) is 0 Å². The number of para-hydroxylation sites is 1. The van der Waals surface area contributed by atoms with Crippen LogP contribution in [-0.4, -0.2) is 36.9 Å². The van der Waals surface area contributed by atoms with Gasteiger partial charge in [0.25, 0.3) is 0 Å². The Kier molecular flexibility index (Phi) is 7.43.